The fourth-order valence-corrected chi connectivity index (χ4v) is 1.74. The van der Waals surface area contributed by atoms with Crippen molar-refractivity contribution in [3.8, 4) is 18.1 Å². The van der Waals surface area contributed by atoms with Crippen LogP contribution < -0.4 is 10.2 Å². The van der Waals surface area contributed by atoms with E-state index < -0.39 is 4.92 Å². The average molecular weight is 295 g/mol. The molecule has 2 aromatic rings. The summed E-state index contributed by atoms with van der Waals surface area (Å²) in [5.74, 6) is 2.98. The third-order valence-corrected chi connectivity index (χ3v) is 2.72. The van der Waals surface area contributed by atoms with Crippen LogP contribution in [0.2, 0.25) is 0 Å². The number of hydrazone groups is 1. The third kappa shape index (κ3) is 3.84. The molecule has 0 aromatic heterocycles. The van der Waals surface area contributed by atoms with Gasteiger partial charge in [-0.3, -0.25) is 15.5 Å². The van der Waals surface area contributed by atoms with Crippen LogP contribution in [0.3, 0.4) is 0 Å². The van der Waals surface area contributed by atoms with Crippen LogP contribution in [0.25, 0.3) is 0 Å². The summed E-state index contributed by atoms with van der Waals surface area (Å²) < 4.78 is 5.39. The van der Waals surface area contributed by atoms with Gasteiger partial charge in [0, 0.05) is 11.6 Å². The first-order valence-corrected chi connectivity index (χ1v) is 6.40. The van der Waals surface area contributed by atoms with Crippen molar-refractivity contribution >= 4 is 17.6 Å². The van der Waals surface area contributed by atoms with Gasteiger partial charge in [0.25, 0.3) is 5.69 Å². The van der Waals surface area contributed by atoms with E-state index in [1.165, 1.54) is 12.3 Å². The number of rotatable bonds is 6. The normalized spacial score (nSPS) is 10.1. The van der Waals surface area contributed by atoms with Crippen LogP contribution in [0.15, 0.2) is 53.6 Å². The zero-order valence-corrected chi connectivity index (χ0v) is 11.6. The number of para-hydroxylation sites is 3. The molecule has 0 bridgehead atoms. The quantitative estimate of drug-likeness (QED) is 0.384. The molecule has 0 aliphatic heterocycles. The number of ether oxygens (including phenoxy) is 1. The van der Waals surface area contributed by atoms with E-state index in [4.69, 9.17) is 11.2 Å². The molecule has 0 heterocycles. The lowest BCUT2D eigenvalue weighted by atomic mass is 10.2. The summed E-state index contributed by atoms with van der Waals surface area (Å²) in [7, 11) is 0. The van der Waals surface area contributed by atoms with Crippen LogP contribution in [-0.2, 0) is 0 Å². The number of anilines is 1. The Labute approximate surface area is 127 Å². The monoisotopic (exact) mass is 295 g/mol. The predicted molar refractivity (Wildman–Crippen MR) is 85.1 cm³/mol. The van der Waals surface area contributed by atoms with Gasteiger partial charge in [-0.25, -0.2) is 0 Å². The number of hydrogen-bond donors (Lipinski definition) is 1. The highest BCUT2D eigenvalue weighted by Gasteiger charge is 2.11. The van der Waals surface area contributed by atoms with Crippen LogP contribution in [-0.4, -0.2) is 17.7 Å². The van der Waals surface area contributed by atoms with Gasteiger partial charge >= 0.3 is 0 Å². The summed E-state index contributed by atoms with van der Waals surface area (Å²) in [5, 5.41) is 14.9. The van der Waals surface area contributed by atoms with E-state index in [9.17, 15) is 10.1 Å². The molecule has 0 amide bonds. The molecular weight excluding hydrogens is 282 g/mol. The van der Waals surface area contributed by atoms with Gasteiger partial charge in [0.15, 0.2) is 0 Å². The van der Waals surface area contributed by atoms with Gasteiger partial charge in [0.2, 0.25) is 0 Å². The molecule has 2 aromatic carbocycles. The Hall–Kier alpha value is -3.33. The average Bonchev–Trinajstić information content (AvgIpc) is 2.54. The van der Waals surface area contributed by atoms with E-state index in [-0.39, 0.29) is 12.3 Å². The van der Waals surface area contributed by atoms with E-state index >= 15 is 0 Å². The molecule has 0 aliphatic carbocycles. The SMILES string of the molecule is C#CCOc1ccccc1/C=N\Nc1ccccc1[N+](=O)[O-]. The number of hydrogen-bond acceptors (Lipinski definition) is 5. The first-order chi connectivity index (χ1) is 10.7. The minimum atomic E-state index is -0.470. The summed E-state index contributed by atoms with van der Waals surface area (Å²) in [4.78, 5) is 10.4. The van der Waals surface area contributed by atoms with Crippen molar-refractivity contribution in [3.05, 3.63) is 64.2 Å². The number of terminal acetylenes is 1. The number of nitrogens with one attached hydrogen (secondary N) is 1. The van der Waals surface area contributed by atoms with E-state index in [0.717, 1.165) is 0 Å². The Morgan fingerprint density at radius 3 is 2.77 bits per heavy atom. The minimum Gasteiger partial charge on any atom is -0.480 e. The minimum absolute atomic E-state index is 0.0449. The number of benzene rings is 2. The summed E-state index contributed by atoms with van der Waals surface area (Å²) >= 11 is 0. The van der Waals surface area contributed by atoms with E-state index in [0.29, 0.717) is 17.0 Å². The molecule has 110 valence electrons. The van der Waals surface area contributed by atoms with Crippen molar-refractivity contribution in [2.75, 3.05) is 12.0 Å². The maximum atomic E-state index is 10.9. The largest absolute Gasteiger partial charge is 0.480 e. The van der Waals surface area contributed by atoms with Gasteiger partial charge < -0.3 is 4.74 Å². The summed E-state index contributed by atoms with van der Waals surface area (Å²) in [6, 6.07) is 13.5. The maximum absolute atomic E-state index is 10.9. The van der Waals surface area contributed by atoms with Gasteiger partial charge in [0.05, 0.1) is 11.1 Å². The van der Waals surface area contributed by atoms with Crippen molar-refractivity contribution in [2.45, 2.75) is 0 Å². The highest BCUT2D eigenvalue weighted by molar-refractivity contribution is 5.84. The standard InChI is InChI=1S/C16H13N3O3/c1-2-11-22-16-10-6-3-7-13(16)12-17-18-14-8-4-5-9-15(14)19(20)21/h1,3-10,12,18H,11H2/b17-12-. The van der Waals surface area contributed by atoms with Gasteiger partial charge in [-0.15, -0.1) is 6.42 Å². The van der Waals surface area contributed by atoms with Crippen LogP contribution >= 0.6 is 0 Å². The molecular formula is C16H13N3O3. The van der Waals surface area contributed by atoms with Crippen LogP contribution in [0.4, 0.5) is 11.4 Å². The Morgan fingerprint density at radius 1 is 1.27 bits per heavy atom. The second-order valence-corrected chi connectivity index (χ2v) is 4.17. The van der Waals surface area contributed by atoms with Crippen LogP contribution in [0, 0.1) is 22.5 Å². The zero-order valence-electron chi connectivity index (χ0n) is 11.6. The lowest BCUT2D eigenvalue weighted by molar-refractivity contribution is -0.384. The number of nitro groups is 1. The molecule has 0 fully saturated rings. The van der Waals surface area contributed by atoms with Crippen molar-refractivity contribution < 1.29 is 9.66 Å². The molecule has 6 heteroatoms. The molecule has 0 saturated carbocycles. The first kappa shape index (κ1) is 15.1. The second-order valence-electron chi connectivity index (χ2n) is 4.17. The van der Waals surface area contributed by atoms with E-state index in [1.54, 1.807) is 30.3 Å². The third-order valence-electron chi connectivity index (χ3n) is 2.72. The molecule has 2 rings (SSSR count). The molecule has 0 spiro atoms. The smallest absolute Gasteiger partial charge is 0.294 e. The number of nitrogens with zero attached hydrogens (tertiary/aromatic N) is 2. The van der Waals surface area contributed by atoms with Gasteiger partial charge in [-0.1, -0.05) is 30.2 Å². The summed E-state index contributed by atoms with van der Waals surface area (Å²) in [5.41, 5.74) is 3.64. The van der Waals surface area contributed by atoms with Crippen molar-refractivity contribution in [3.63, 3.8) is 0 Å². The fourth-order valence-electron chi connectivity index (χ4n) is 1.74. The van der Waals surface area contributed by atoms with Gasteiger partial charge in [0.1, 0.15) is 18.0 Å². The highest BCUT2D eigenvalue weighted by atomic mass is 16.6. The lowest BCUT2D eigenvalue weighted by Crippen LogP contribution is -1.99. The summed E-state index contributed by atoms with van der Waals surface area (Å²) in [6.07, 6.45) is 6.68. The topological polar surface area (TPSA) is 76.8 Å². The Morgan fingerprint density at radius 2 is 2.00 bits per heavy atom. The molecule has 0 atom stereocenters. The Kier molecular flexibility index (Phi) is 5.10. The molecule has 0 aliphatic rings. The molecule has 0 saturated heterocycles. The maximum Gasteiger partial charge on any atom is 0.294 e. The highest BCUT2D eigenvalue weighted by Crippen LogP contribution is 2.23. The molecule has 0 radical (unpaired) electrons. The van der Waals surface area contributed by atoms with Crippen LogP contribution in [0.5, 0.6) is 5.75 Å². The Balaban J connectivity index is 2.14. The van der Waals surface area contributed by atoms with Crippen molar-refractivity contribution in [2.24, 2.45) is 5.10 Å². The van der Waals surface area contributed by atoms with Crippen molar-refractivity contribution in [1.82, 2.24) is 0 Å². The molecule has 0 unspecified atom stereocenters. The molecule has 6 nitrogen and oxygen atoms in total. The molecule has 1 N–H and O–H groups in total. The zero-order chi connectivity index (χ0) is 15.8. The van der Waals surface area contributed by atoms with Gasteiger partial charge in [-0.2, -0.15) is 5.10 Å². The Bertz CT molecular complexity index is 735. The summed E-state index contributed by atoms with van der Waals surface area (Å²) in [6.45, 7) is 0.155. The van der Waals surface area contributed by atoms with Crippen LogP contribution in [0.1, 0.15) is 5.56 Å². The predicted octanol–water partition coefficient (Wildman–Crippen LogP) is 3.05. The number of nitro benzene ring substituents is 1. The van der Waals surface area contributed by atoms with E-state index in [1.807, 2.05) is 12.1 Å². The fraction of sp³-hybridized carbons (Fsp3) is 0.0625. The van der Waals surface area contributed by atoms with Crippen molar-refractivity contribution in [1.29, 1.82) is 0 Å². The lowest BCUT2D eigenvalue weighted by Gasteiger charge is -2.05. The molecule has 22 heavy (non-hydrogen) atoms. The second kappa shape index (κ2) is 7.45. The first-order valence-electron chi connectivity index (χ1n) is 6.40. The van der Waals surface area contributed by atoms with Gasteiger partial charge in [-0.05, 0) is 18.2 Å². The van der Waals surface area contributed by atoms with E-state index in [2.05, 4.69) is 16.4 Å².